The summed E-state index contributed by atoms with van der Waals surface area (Å²) in [5.74, 6) is -1.64. The topological polar surface area (TPSA) is 50.9 Å². The van der Waals surface area contributed by atoms with Gasteiger partial charge in [-0.25, -0.2) is 4.98 Å². The fourth-order valence-electron chi connectivity index (χ4n) is 9.09. The van der Waals surface area contributed by atoms with Crippen molar-refractivity contribution in [2.24, 2.45) is 0 Å². The third kappa shape index (κ3) is 8.30. The molecule has 0 amide bonds. The molecule has 4 heteroatoms. The summed E-state index contributed by atoms with van der Waals surface area (Å²) >= 11 is 0. The number of fused-ring (bicyclic) bond motifs is 1. The lowest BCUT2D eigenvalue weighted by Gasteiger charge is -2.22. The van der Waals surface area contributed by atoms with Gasteiger partial charge in [0.05, 0.1) is 28.0 Å². The number of aryl methyl sites for hydroxylation is 3. The van der Waals surface area contributed by atoms with Crippen molar-refractivity contribution in [3.05, 3.63) is 191 Å². The Labute approximate surface area is 392 Å². The number of benzene rings is 7. The molecule has 0 saturated heterocycles. The number of hydrogen-bond acceptors (Lipinski definition) is 3. The highest BCUT2D eigenvalue weighted by atomic mass is 16.3. The number of nitrogens with zero attached hydrogens (tertiary/aromatic N) is 3. The molecule has 0 fully saturated rings. The third-order valence-corrected chi connectivity index (χ3v) is 12.5. The van der Waals surface area contributed by atoms with E-state index in [4.69, 9.17) is 16.8 Å². The highest BCUT2D eigenvalue weighted by molar-refractivity contribution is 5.97. The molecule has 65 heavy (non-hydrogen) atoms. The van der Waals surface area contributed by atoms with E-state index in [2.05, 4.69) is 81.4 Å². The molecular formula is C61H59N3O. The number of pyridine rings is 1. The first-order chi connectivity index (χ1) is 33.0. The Morgan fingerprint density at radius 2 is 1.23 bits per heavy atom. The van der Waals surface area contributed by atoms with Gasteiger partial charge in [-0.2, -0.15) is 0 Å². The van der Waals surface area contributed by atoms with Crippen LogP contribution in [-0.4, -0.2) is 19.6 Å². The van der Waals surface area contributed by atoms with Crippen LogP contribution in [-0.2, 0) is 5.41 Å². The largest absolute Gasteiger partial charge is 0.507 e. The number of para-hydroxylation sites is 1. The minimum atomic E-state index is -2.61. The zero-order chi connectivity index (χ0) is 50.1. The van der Waals surface area contributed by atoms with Gasteiger partial charge in [0.2, 0.25) is 0 Å². The maximum Gasteiger partial charge on any atom is 0.149 e. The van der Waals surface area contributed by atoms with Crippen LogP contribution >= 0.6 is 0 Å². The molecule has 0 saturated carbocycles. The number of rotatable bonds is 9. The van der Waals surface area contributed by atoms with Crippen LogP contribution < -0.4 is 0 Å². The Kier molecular flexibility index (Phi) is 9.86. The number of phenolic OH excluding ortho intramolecular Hbond substituents is 1. The van der Waals surface area contributed by atoms with Crippen LogP contribution in [0.1, 0.15) is 100 Å². The summed E-state index contributed by atoms with van der Waals surface area (Å²) < 4.78 is 47.3. The van der Waals surface area contributed by atoms with Crippen LogP contribution in [0.5, 0.6) is 5.75 Å². The zero-order valence-corrected chi connectivity index (χ0v) is 38.8. The molecule has 324 valence electrons. The average Bonchev–Trinajstić information content (AvgIpc) is 3.71. The van der Waals surface area contributed by atoms with Crippen LogP contribution in [0, 0.1) is 20.7 Å². The molecule has 1 N–H and O–H groups in total. The fourth-order valence-corrected chi connectivity index (χ4v) is 9.09. The first-order valence-electron chi connectivity index (χ1n) is 24.9. The number of imidazole rings is 1. The van der Waals surface area contributed by atoms with Crippen LogP contribution in [0.2, 0.25) is 0 Å². The van der Waals surface area contributed by atoms with Crippen LogP contribution in [0.15, 0.2) is 158 Å². The van der Waals surface area contributed by atoms with Crippen molar-refractivity contribution in [3.63, 3.8) is 0 Å². The maximum absolute atomic E-state index is 11.8. The van der Waals surface area contributed by atoms with E-state index in [0.717, 1.165) is 50.2 Å². The van der Waals surface area contributed by atoms with Gasteiger partial charge >= 0.3 is 0 Å². The first-order valence-corrected chi connectivity index (χ1v) is 22.4. The lowest BCUT2D eigenvalue weighted by molar-refractivity contribution is 0.472. The van der Waals surface area contributed by atoms with E-state index in [9.17, 15) is 5.11 Å². The molecule has 2 heterocycles. The Bertz CT molecular complexity index is 3410. The molecule has 0 aliphatic heterocycles. The molecule has 0 bridgehead atoms. The molecule has 0 atom stereocenters. The molecule has 9 aromatic rings. The van der Waals surface area contributed by atoms with E-state index in [-0.39, 0.29) is 16.7 Å². The summed E-state index contributed by atoms with van der Waals surface area (Å²) in [5.41, 5.74) is 15.3. The van der Waals surface area contributed by atoms with Gasteiger partial charge in [-0.3, -0.25) is 9.55 Å². The van der Waals surface area contributed by atoms with Gasteiger partial charge in [0.15, 0.2) is 0 Å². The van der Waals surface area contributed by atoms with E-state index < -0.39 is 18.6 Å². The number of phenols is 1. The molecule has 0 spiro atoms. The predicted octanol–water partition coefficient (Wildman–Crippen LogP) is 16.6. The zero-order valence-electron chi connectivity index (χ0n) is 43.8. The van der Waals surface area contributed by atoms with E-state index in [1.54, 1.807) is 6.07 Å². The van der Waals surface area contributed by atoms with E-state index in [0.29, 0.717) is 55.9 Å². The second-order valence-corrected chi connectivity index (χ2v) is 18.8. The van der Waals surface area contributed by atoms with Crippen molar-refractivity contribution in [3.8, 4) is 78.6 Å². The molecule has 2 aromatic heterocycles. The minimum Gasteiger partial charge on any atom is -0.507 e. The molecule has 9 rings (SSSR count). The van der Waals surface area contributed by atoms with Crippen LogP contribution in [0.4, 0.5) is 0 Å². The summed E-state index contributed by atoms with van der Waals surface area (Å²) in [6, 6.07) is 50.5. The van der Waals surface area contributed by atoms with E-state index in [1.807, 2.05) is 137 Å². The van der Waals surface area contributed by atoms with Crippen molar-refractivity contribution < 1.29 is 12.0 Å². The number of aromatic hydroxyl groups is 1. The molecule has 0 aliphatic carbocycles. The van der Waals surface area contributed by atoms with Gasteiger partial charge in [-0.15, -0.1) is 0 Å². The van der Waals surface area contributed by atoms with Gasteiger partial charge in [-0.05, 0) is 159 Å². The van der Waals surface area contributed by atoms with E-state index in [1.165, 1.54) is 5.56 Å². The normalized spacial score (nSPS) is 13.5. The average molecular weight is 855 g/mol. The monoisotopic (exact) mass is 854 g/mol. The molecule has 0 unspecified atom stereocenters. The molecule has 7 aromatic carbocycles. The highest BCUT2D eigenvalue weighted by Crippen LogP contribution is 2.43. The SMILES string of the molecule is [2H]C([2H])([2H])c1cc(-c2c(C([2H])(C)C)cccc2C([2H])(C)C)ccc1-n1c(-c2cc(C)cc(C)c2O)nc2c(-c3cc(-c4cc(-c5ccc(-c6ccccc6)cc5)ccn4)cc(C(C)(C)C)c3)cccc21. The summed E-state index contributed by atoms with van der Waals surface area (Å²) in [4.78, 5) is 10.3. The Morgan fingerprint density at radius 1 is 0.585 bits per heavy atom. The Hall–Kier alpha value is -7.04. The Balaban J connectivity index is 1.27. The minimum absolute atomic E-state index is 0.0577. The molecular weight excluding hydrogens is 791 g/mol. The molecule has 0 radical (unpaired) electrons. The lowest BCUT2D eigenvalue weighted by atomic mass is 9.83. The second kappa shape index (κ2) is 17.2. The third-order valence-electron chi connectivity index (χ3n) is 12.5. The van der Waals surface area contributed by atoms with Gasteiger partial charge in [0.25, 0.3) is 0 Å². The number of hydrogen-bond donors (Lipinski definition) is 1. The predicted molar refractivity (Wildman–Crippen MR) is 274 cm³/mol. The molecule has 0 aliphatic rings. The summed E-state index contributed by atoms with van der Waals surface area (Å²) in [6.07, 6.45) is 1.86. The summed E-state index contributed by atoms with van der Waals surface area (Å²) in [7, 11) is 0. The summed E-state index contributed by atoms with van der Waals surface area (Å²) in [5, 5.41) is 11.8. The molecule has 4 nitrogen and oxygen atoms in total. The van der Waals surface area contributed by atoms with Crippen molar-refractivity contribution in [2.45, 2.75) is 86.4 Å². The van der Waals surface area contributed by atoms with Crippen molar-refractivity contribution in [1.82, 2.24) is 14.5 Å². The van der Waals surface area contributed by atoms with Gasteiger partial charge in [0.1, 0.15) is 11.6 Å². The number of aromatic nitrogens is 3. The fraction of sp³-hybridized carbons (Fsp3) is 0.213. The van der Waals surface area contributed by atoms with Crippen molar-refractivity contribution in [2.75, 3.05) is 0 Å². The highest BCUT2D eigenvalue weighted by Gasteiger charge is 2.25. The maximum atomic E-state index is 11.8. The van der Waals surface area contributed by atoms with Crippen LogP contribution in [0.25, 0.3) is 83.9 Å². The van der Waals surface area contributed by atoms with Gasteiger partial charge < -0.3 is 5.11 Å². The smallest absolute Gasteiger partial charge is 0.149 e. The second-order valence-electron chi connectivity index (χ2n) is 18.8. The van der Waals surface area contributed by atoms with Crippen molar-refractivity contribution in [1.29, 1.82) is 0 Å². The van der Waals surface area contributed by atoms with E-state index >= 15 is 0 Å². The van der Waals surface area contributed by atoms with Gasteiger partial charge in [0, 0.05) is 24.2 Å². The lowest BCUT2D eigenvalue weighted by Crippen LogP contribution is -2.11. The Morgan fingerprint density at radius 3 is 1.91 bits per heavy atom. The quantitative estimate of drug-likeness (QED) is 0.157. The van der Waals surface area contributed by atoms with Crippen molar-refractivity contribution >= 4 is 11.0 Å². The first kappa shape index (κ1) is 37.3. The summed E-state index contributed by atoms with van der Waals surface area (Å²) in [6.45, 7) is 15.0. The standard InChI is InChI=1S/C61H59N3O/c1-37(2)50-18-14-19-51(38(3)4)57(50)46-26-27-55(40(6)32-46)64-56-21-15-20-52(58(56)63-60(64)53-31-39(5)30-41(7)59(53)65)47-33-48(35-49(34-47)61(8,9)10)54-36-45(28-29-62-54)44-24-22-43(23-25-44)42-16-12-11-13-17-42/h11-38,65H,1-10H3/i6D3,37D,38D. The van der Waals surface area contributed by atoms with Crippen LogP contribution in [0.3, 0.4) is 0 Å². The van der Waals surface area contributed by atoms with Gasteiger partial charge in [-0.1, -0.05) is 152 Å².